The van der Waals surface area contributed by atoms with Crippen molar-refractivity contribution in [2.45, 2.75) is 93.9 Å². The summed E-state index contributed by atoms with van der Waals surface area (Å²) in [7, 11) is 1.26. The first-order chi connectivity index (χ1) is 24.0. The van der Waals surface area contributed by atoms with Crippen molar-refractivity contribution in [3.8, 4) is 0 Å². The number of H-pyrrole nitrogens is 1. The van der Waals surface area contributed by atoms with Gasteiger partial charge in [0.1, 0.15) is 25.9 Å². The topological polar surface area (TPSA) is 170 Å². The van der Waals surface area contributed by atoms with Gasteiger partial charge in [-0.2, -0.15) is 0 Å². The zero-order valence-corrected chi connectivity index (χ0v) is 36.7. The molecule has 0 saturated carbocycles. The molecule has 2 amide bonds. The van der Waals surface area contributed by atoms with Crippen molar-refractivity contribution < 1.29 is 33.4 Å². The van der Waals surface area contributed by atoms with Crippen LogP contribution in [-0.4, -0.2) is 102 Å². The van der Waals surface area contributed by atoms with Gasteiger partial charge < -0.3 is 33.6 Å². The first-order valence-electron chi connectivity index (χ1n) is 16.5. The largest absolute Gasteiger partial charge is 0.464 e. The van der Waals surface area contributed by atoms with Crippen molar-refractivity contribution in [2.75, 3.05) is 33.3 Å². The Labute approximate surface area is 349 Å². The van der Waals surface area contributed by atoms with Crippen molar-refractivity contribution in [2.24, 2.45) is 17.8 Å². The highest BCUT2D eigenvalue weighted by atomic mass is 79.9. The van der Waals surface area contributed by atoms with Crippen LogP contribution in [-0.2, 0) is 25.5 Å². The van der Waals surface area contributed by atoms with Crippen LogP contribution in [0.1, 0.15) is 92.3 Å². The summed E-state index contributed by atoms with van der Waals surface area (Å²) in [4.78, 5) is 76.4. The second-order valence-corrected chi connectivity index (χ2v) is 17.9. The van der Waals surface area contributed by atoms with E-state index < -0.39 is 23.3 Å². The first-order valence-corrected chi connectivity index (χ1v) is 19.6. The highest BCUT2D eigenvalue weighted by Crippen LogP contribution is 2.33. The van der Waals surface area contributed by atoms with Gasteiger partial charge in [0, 0.05) is 49.9 Å². The molecule has 0 radical (unpaired) electrons. The van der Waals surface area contributed by atoms with E-state index in [0.29, 0.717) is 43.8 Å². The lowest BCUT2D eigenvalue weighted by molar-refractivity contribution is -0.124. The smallest absolute Gasteiger partial charge is 0.410 e. The van der Waals surface area contributed by atoms with E-state index in [9.17, 15) is 24.0 Å². The van der Waals surface area contributed by atoms with Crippen LogP contribution in [0, 0.1) is 17.8 Å². The number of amides is 2. The van der Waals surface area contributed by atoms with Gasteiger partial charge in [-0.05, 0) is 117 Å². The van der Waals surface area contributed by atoms with Gasteiger partial charge in [-0.25, -0.2) is 24.4 Å². The van der Waals surface area contributed by atoms with Crippen molar-refractivity contribution in [3.05, 3.63) is 46.6 Å². The monoisotopic (exact) mass is 1010 g/mol. The summed E-state index contributed by atoms with van der Waals surface area (Å²) in [5, 5.41) is 0. The molecule has 2 aliphatic rings. The maximum absolute atomic E-state index is 12.9. The minimum Gasteiger partial charge on any atom is -0.464 e. The third kappa shape index (κ3) is 11.2. The Balaban J connectivity index is 0.000000361. The van der Waals surface area contributed by atoms with E-state index in [1.54, 1.807) is 35.0 Å². The molecule has 0 aliphatic carbocycles. The Morgan fingerprint density at radius 1 is 0.815 bits per heavy atom. The number of ketones is 1. The van der Waals surface area contributed by atoms with Gasteiger partial charge in [0.05, 0.1) is 13.7 Å². The molecule has 5 heterocycles. The Morgan fingerprint density at radius 2 is 1.33 bits per heavy atom. The Hall–Kier alpha value is -2.77. The number of nitrogens with zero attached hydrogens (tertiary/aromatic N) is 6. The molecule has 54 heavy (non-hydrogen) atoms. The molecule has 15 nitrogen and oxygen atoms in total. The number of halogens is 4. The molecule has 2 fully saturated rings. The minimum atomic E-state index is -0.595. The van der Waals surface area contributed by atoms with Gasteiger partial charge >= 0.3 is 18.2 Å². The molecule has 0 spiro atoms. The number of nitrogens with one attached hydrogen (secondary N) is 1. The summed E-state index contributed by atoms with van der Waals surface area (Å²) < 4.78 is 20.5. The van der Waals surface area contributed by atoms with Gasteiger partial charge in [0.15, 0.2) is 20.9 Å². The molecule has 0 aromatic carbocycles. The Bertz CT molecular complexity index is 1910. The summed E-state index contributed by atoms with van der Waals surface area (Å²) >= 11 is 13.1. The van der Waals surface area contributed by atoms with Crippen LogP contribution in [0.15, 0.2) is 29.7 Å². The predicted octanol–water partition coefficient (Wildman–Crippen LogP) is 8.06. The first kappa shape index (κ1) is 47.4. The number of hydrogen-bond acceptors (Lipinski definition) is 10. The van der Waals surface area contributed by atoms with Crippen LogP contribution in [0.2, 0.25) is 0 Å². The number of ether oxygens (including phenoxy) is 3. The van der Waals surface area contributed by atoms with Crippen LogP contribution in [0.4, 0.5) is 9.59 Å². The molecule has 3 aromatic heterocycles. The van der Waals surface area contributed by atoms with E-state index in [0.717, 1.165) is 5.69 Å². The van der Waals surface area contributed by atoms with Crippen molar-refractivity contribution in [1.29, 1.82) is 0 Å². The van der Waals surface area contributed by atoms with E-state index >= 15 is 0 Å². The maximum Gasteiger partial charge on any atom is 0.410 e. The number of aromatic nitrogens is 5. The van der Waals surface area contributed by atoms with Gasteiger partial charge in [0.2, 0.25) is 0 Å². The number of carbonyl (C=O) groups excluding carboxylic acids is 4. The van der Waals surface area contributed by atoms with E-state index in [4.69, 9.17) is 14.2 Å². The van der Waals surface area contributed by atoms with Crippen molar-refractivity contribution >= 4 is 93.2 Å². The number of Topliss-reactive ketones (excluding diaryl/α,β-unsaturated/α-hetero) is 1. The van der Waals surface area contributed by atoms with Crippen LogP contribution in [0.25, 0.3) is 5.52 Å². The molecule has 0 bridgehead atoms. The second-order valence-electron chi connectivity index (χ2n) is 14.9. The van der Waals surface area contributed by atoms with Crippen LogP contribution in [0.3, 0.4) is 0 Å². The number of imidazole rings is 2. The van der Waals surface area contributed by atoms with Gasteiger partial charge in [-0.1, -0.05) is 28.7 Å². The molecular formula is C35H51Br4N7O8. The van der Waals surface area contributed by atoms with Crippen molar-refractivity contribution in [3.63, 3.8) is 0 Å². The van der Waals surface area contributed by atoms with Crippen molar-refractivity contribution in [1.82, 2.24) is 33.7 Å². The second kappa shape index (κ2) is 18.4. The summed E-state index contributed by atoms with van der Waals surface area (Å²) in [5.41, 5.74) is 0.0514. The minimum absolute atomic E-state index is 0. The highest BCUT2D eigenvalue weighted by Gasteiger charge is 2.40. The molecule has 2 aliphatic heterocycles. The number of hydrogen-bond donors (Lipinski definition) is 1. The number of aromatic amines is 1. The third-order valence-corrected chi connectivity index (χ3v) is 10.7. The van der Waals surface area contributed by atoms with Gasteiger partial charge in [-0.3, -0.25) is 14.0 Å². The number of likely N-dealkylation sites (tertiary alicyclic amines) is 2. The zero-order valence-electron chi connectivity index (χ0n) is 30.4. The van der Waals surface area contributed by atoms with E-state index in [-0.39, 0.29) is 74.7 Å². The Kier molecular flexibility index (Phi) is 16.2. The van der Waals surface area contributed by atoms with Crippen LogP contribution in [0.5, 0.6) is 0 Å². The number of methoxy groups -OCH3 is 1. The lowest BCUT2D eigenvalue weighted by atomic mass is 9.93. The average Bonchev–Trinajstić information content (AvgIpc) is 3.75. The Morgan fingerprint density at radius 3 is 1.87 bits per heavy atom. The molecule has 2 saturated heterocycles. The third-order valence-electron chi connectivity index (χ3n) is 8.48. The molecule has 302 valence electrons. The summed E-state index contributed by atoms with van der Waals surface area (Å²) in [5.74, 6) is -0.829. The zero-order chi connectivity index (χ0) is 39.0. The number of carbonyl (C=O) groups is 4. The lowest BCUT2D eigenvalue weighted by Crippen LogP contribution is -2.36. The predicted molar refractivity (Wildman–Crippen MR) is 219 cm³/mol. The molecule has 4 atom stereocenters. The molecular weight excluding hydrogens is 966 g/mol. The quantitative estimate of drug-likeness (QED) is 0.195. The summed E-state index contributed by atoms with van der Waals surface area (Å²) in [6, 6.07) is 0. The standard InChI is InChI=1S/C17H23Br2N3O5.C16H20Br2N4O3.2CH4/c1-9-6-21(16(25)27-17(2,3)4)7-10(9)11(23)8-22-12(14(24)26-5)13(18)20-15(22)19;1-8-5-21(15(24)25-16(2,3)4)6-9(8)10-7-22-11(13(23)19-10)12(17)20-14(22)18;;/h9-10H,6-8H2,1-5H3;7-9H,5-6H2,1-4H3,(H,19,23);2*1H4/t9-,10-;8-,9-;;/m01../s1. The van der Waals surface area contributed by atoms with E-state index in [1.165, 1.54) is 11.7 Å². The van der Waals surface area contributed by atoms with Gasteiger partial charge in [-0.15, -0.1) is 0 Å². The summed E-state index contributed by atoms with van der Waals surface area (Å²) in [6.07, 6.45) is 1.11. The SMILES string of the molecule is C.C.COC(=O)c1c(Br)nc(Br)n1CC(=O)[C@H]1CN(C(=O)OC(C)(C)C)C[C@@H]1C.C[C@@H]1CN(C(=O)OC(C)(C)C)C[C@H]1c1cn2c(Br)nc(Br)c2c(=O)[nH]1. The van der Waals surface area contributed by atoms with E-state index in [2.05, 4.69) is 85.6 Å². The maximum atomic E-state index is 12.9. The molecule has 3 aromatic rings. The van der Waals surface area contributed by atoms with Crippen LogP contribution < -0.4 is 5.56 Å². The normalized spacial score (nSPS) is 19.7. The number of rotatable bonds is 5. The molecule has 5 rings (SSSR count). The van der Waals surface area contributed by atoms with Gasteiger partial charge in [0.25, 0.3) is 5.56 Å². The average molecular weight is 1020 g/mol. The van der Waals surface area contributed by atoms with Crippen LogP contribution >= 0.6 is 63.7 Å². The summed E-state index contributed by atoms with van der Waals surface area (Å²) in [6.45, 7) is 16.7. The number of fused-ring (bicyclic) bond motifs is 1. The number of esters is 1. The van der Waals surface area contributed by atoms with E-state index in [1.807, 2.05) is 33.9 Å². The molecule has 19 heteroatoms. The highest BCUT2D eigenvalue weighted by molar-refractivity contribution is 9.11. The molecule has 0 unspecified atom stereocenters. The lowest BCUT2D eigenvalue weighted by Gasteiger charge is -2.24. The molecule has 1 N–H and O–H groups in total. The fraction of sp³-hybridized carbons (Fsp3) is 0.629. The fourth-order valence-corrected chi connectivity index (χ4v) is 8.56. The fourth-order valence-electron chi connectivity index (χ4n) is 6.07.